The molecule has 0 aliphatic heterocycles. The molecule has 0 unspecified atom stereocenters. The number of anilines is 1. The molecule has 0 aliphatic carbocycles. The topological polar surface area (TPSA) is 67.6 Å². The van der Waals surface area contributed by atoms with Gasteiger partial charge in [-0.2, -0.15) is 0 Å². The van der Waals surface area contributed by atoms with E-state index in [-0.39, 0.29) is 5.82 Å². The average molecular weight is 246 g/mol. The highest BCUT2D eigenvalue weighted by Crippen LogP contribution is 2.27. The third kappa shape index (κ3) is 1.67. The summed E-state index contributed by atoms with van der Waals surface area (Å²) in [6.07, 6.45) is 2.70. The molecule has 3 N–H and O–H groups in total. The highest BCUT2D eigenvalue weighted by molar-refractivity contribution is 5.92. The number of nitrogens with zero attached hydrogens (tertiary/aromatic N) is 2. The van der Waals surface area contributed by atoms with Crippen molar-refractivity contribution in [2.45, 2.75) is 0 Å². The molecule has 90 valence electrons. The Morgan fingerprint density at radius 1 is 1.11 bits per heavy atom. The van der Waals surface area contributed by atoms with Crippen molar-refractivity contribution in [2.75, 3.05) is 5.73 Å². The summed E-state index contributed by atoms with van der Waals surface area (Å²) < 4.78 is 26.5. The van der Waals surface area contributed by atoms with E-state index >= 15 is 0 Å². The first-order valence-corrected chi connectivity index (χ1v) is 5.19. The Morgan fingerprint density at radius 2 is 1.94 bits per heavy atom. The van der Waals surface area contributed by atoms with Crippen LogP contribution in [0, 0.1) is 11.6 Å². The van der Waals surface area contributed by atoms with Gasteiger partial charge >= 0.3 is 0 Å². The van der Waals surface area contributed by atoms with E-state index in [2.05, 4.69) is 15.0 Å². The SMILES string of the molecule is Nc1cc(F)cc(-c2c[nH]c3ncc(F)cc23)n1. The van der Waals surface area contributed by atoms with Crippen molar-refractivity contribution in [3.63, 3.8) is 0 Å². The zero-order valence-corrected chi connectivity index (χ0v) is 9.11. The fourth-order valence-electron chi connectivity index (χ4n) is 1.84. The molecule has 18 heavy (non-hydrogen) atoms. The summed E-state index contributed by atoms with van der Waals surface area (Å²) >= 11 is 0. The van der Waals surface area contributed by atoms with Crippen LogP contribution < -0.4 is 5.73 Å². The second-order valence-electron chi connectivity index (χ2n) is 3.85. The predicted octanol–water partition coefficient (Wildman–Crippen LogP) is 2.49. The number of aromatic amines is 1. The van der Waals surface area contributed by atoms with Gasteiger partial charge in [-0.1, -0.05) is 0 Å². The number of nitrogens with two attached hydrogens (primary N) is 1. The van der Waals surface area contributed by atoms with Gasteiger partial charge in [0.25, 0.3) is 0 Å². The van der Waals surface area contributed by atoms with Gasteiger partial charge in [-0.05, 0) is 6.07 Å². The van der Waals surface area contributed by atoms with Gasteiger partial charge < -0.3 is 10.7 Å². The van der Waals surface area contributed by atoms with E-state index < -0.39 is 11.6 Å². The summed E-state index contributed by atoms with van der Waals surface area (Å²) in [6.45, 7) is 0. The number of nitrogens with one attached hydrogen (secondary N) is 1. The second kappa shape index (κ2) is 3.76. The van der Waals surface area contributed by atoms with Gasteiger partial charge in [-0.3, -0.25) is 0 Å². The molecule has 0 aliphatic rings. The Hall–Kier alpha value is -2.50. The van der Waals surface area contributed by atoms with Crippen molar-refractivity contribution in [2.24, 2.45) is 0 Å². The molecule has 3 aromatic rings. The first-order chi connectivity index (χ1) is 8.63. The minimum absolute atomic E-state index is 0.0729. The molecule has 0 bridgehead atoms. The number of pyridine rings is 2. The van der Waals surface area contributed by atoms with Crippen molar-refractivity contribution in [1.82, 2.24) is 15.0 Å². The smallest absolute Gasteiger partial charge is 0.142 e. The lowest BCUT2D eigenvalue weighted by Gasteiger charge is -2.01. The number of halogens is 2. The zero-order valence-electron chi connectivity index (χ0n) is 9.11. The highest BCUT2D eigenvalue weighted by atomic mass is 19.1. The largest absolute Gasteiger partial charge is 0.384 e. The summed E-state index contributed by atoms with van der Waals surface area (Å²) in [4.78, 5) is 10.8. The van der Waals surface area contributed by atoms with Crippen LogP contribution in [0.2, 0.25) is 0 Å². The molecular formula is C12H8F2N4. The molecule has 0 saturated carbocycles. The molecule has 3 heterocycles. The lowest BCUT2D eigenvalue weighted by Crippen LogP contribution is -1.93. The van der Waals surface area contributed by atoms with Crippen molar-refractivity contribution in [3.8, 4) is 11.3 Å². The van der Waals surface area contributed by atoms with Crippen LogP contribution in [0.1, 0.15) is 0 Å². The minimum atomic E-state index is -0.490. The standard InChI is InChI=1S/C12H8F2N4/c13-6-2-10(18-11(15)3-6)9-5-17-12-8(9)1-7(14)4-16-12/h1-5H,(H2,15,18)(H,16,17). The van der Waals surface area contributed by atoms with Gasteiger partial charge in [0.15, 0.2) is 0 Å². The number of H-pyrrole nitrogens is 1. The van der Waals surface area contributed by atoms with Gasteiger partial charge in [0.05, 0.1) is 11.9 Å². The van der Waals surface area contributed by atoms with Gasteiger partial charge in [0.2, 0.25) is 0 Å². The lowest BCUT2D eigenvalue weighted by molar-refractivity contribution is 0.624. The number of nitrogen functional groups attached to an aromatic ring is 1. The maximum absolute atomic E-state index is 13.3. The maximum Gasteiger partial charge on any atom is 0.142 e. The average Bonchev–Trinajstić information content (AvgIpc) is 2.70. The monoisotopic (exact) mass is 246 g/mol. The van der Waals surface area contributed by atoms with Crippen molar-refractivity contribution < 1.29 is 8.78 Å². The number of rotatable bonds is 1. The van der Waals surface area contributed by atoms with Crippen molar-refractivity contribution in [1.29, 1.82) is 0 Å². The molecule has 0 saturated heterocycles. The van der Waals surface area contributed by atoms with Crippen LogP contribution in [0.25, 0.3) is 22.3 Å². The summed E-state index contributed by atoms with van der Waals surface area (Å²) in [5, 5.41) is 0.535. The molecule has 0 amide bonds. The maximum atomic E-state index is 13.3. The van der Waals surface area contributed by atoms with E-state index in [1.54, 1.807) is 6.20 Å². The van der Waals surface area contributed by atoms with E-state index in [1.165, 1.54) is 12.1 Å². The molecule has 4 nitrogen and oxygen atoms in total. The van der Waals surface area contributed by atoms with Crippen LogP contribution in [0.4, 0.5) is 14.6 Å². The Kier molecular flexibility index (Phi) is 2.22. The lowest BCUT2D eigenvalue weighted by atomic mass is 10.1. The molecule has 0 radical (unpaired) electrons. The van der Waals surface area contributed by atoms with Gasteiger partial charge in [-0.15, -0.1) is 0 Å². The van der Waals surface area contributed by atoms with Crippen LogP contribution >= 0.6 is 0 Å². The molecule has 0 spiro atoms. The Labute approximate surface area is 100 Å². The molecule has 3 aromatic heterocycles. The van der Waals surface area contributed by atoms with Crippen molar-refractivity contribution in [3.05, 3.63) is 42.2 Å². The Bertz CT molecular complexity index is 716. The summed E-state index contributed by atoms with van der Waals surface area (Å²) in [5.74, 6) is -0.882. The van der Waals surface area contributed by atoms with E-state index in [1.807, 2.05) is 0 Å². The van der Waals surface area contributed by atoms with Crippen LogP contribution in [-0.2, 0) is 0 Å². The first-order valence-electron chi connectivity index (χ1n) is 5.19. The molecule has 6 heteroatoms. The van der Waals surface area contributed by atoms with Crippen LogP contribution in [0.15, 0.2) is 30.6 Å². The van der Waals surface area contributed by atoms with Gasteiger partial charge in [0.1, 0.15) is 23.1 Å². The van der Waals surface area contributed by atoms with Crippen LogP contribution in [0.5, 0.6) is 0 Å². The second-order valence-corrected chi connectivity index (χ2v) is 3.85. The zero-order chi connectivity index (χ0) is 12.7. The van der Waals surface area contributed by atoms with E-state index in [0.717, 1.165) is 12.3 Å². The van der Waals surface area contributed by atoms with E-state index in [0.29, 0.717) is 22.3 Å². The predicted molar refractivity (Wildman–Crippen MR) is 63.7 cm³/mol. The van der Waals surface area contributed by atoms with Gasteiger partial charge in [-0.25, -0.2) is 18.7 Å². The highest BCUT2D eigenvalue weighted by Gasteiger charge is 2.11. The van der Waals surface area contributed by atoms with E-state index in [4.69, 9.17) is 5.73 Å². The third-order valence-corrected chi connectivity index (χ3v) is 2.58. The number of hydrogen-bond donors (Lipinski definition) is 2. The van der Waals surface area contributed by atoms with Crippen LogP contribution in [0.3, 0.4) is 0 Å². The normalized spacial score (nSPS) is 11.0. The van der Waals surface area contributed by atoms with Gasteiger partial charge in [0, 0.05) is 29.3 Å². The van der Waals surface area contributed by atoms with Crippen LogP contribution in [-0.4, -0.2) is 15.0 Å². The number of aromatic nitrogens is 3. The molecule has 0 aromatic carbocycles. The first kappa shape index (κ1) is 10.6. The Balaban J connectivity index is 2.27. The fourth-order valence-corrected chi connectivity index (χ4v) is 1.84. The molecular weight excluding hydrogens is 238 g/mol. The quantitative estimate of drug-likeness (QED) is 0.693. The summed E-state index contributed by atoms with van der Waals surface area (Å²) in [6, 6.07) is 3.68. The molecule has 0 atom stereocenters. The molecule has 0 fully saturated rings. The van der Waals surface area contributed by atoms with Crippen molar-refractivity contribution >= 4 is 16.9 Å². The molecule has 3 rings (SSSR count). The van der Waals surface area contributed by atoms with E-state index in [9.17, 15) is 8.78 Å². The minimum Gasteiger partial charge on any atom is -0.384 e. The Morgan fingerprint density at radius 3 is 2.72 bits per heavy atom. The third-order valence-electron chi connectivity index (χ3n) is 2.58. The summed E-state index contributed by atoms with van der Waals surface area (Å²) in [5.41, 5.74) is 6.90. The summed E-state index contributed by atoms with van der Waals surface area (Å²) in [7, 11) is 0. The fraction of sp³-hybridized carbons (Fsp3) is 0. The number of hydrogen-bond acceptors (Lipinski definition) is 3. The number of fused-ring (bicyclic) bond motifs is 1.